The zero-order valence-corrected chi connectivity index (χ0v) is 12.4. The van der Waals surface area contributed by atoms with E-state index in [2.05, 4.69) is 22.6 Å². The maximum atomic E-state index is 5.67. The first-order valence-corrected chi connectivity index (χ1v) is 8.14. The minimum Gasteiger partial charge on any atom is -0.377 e. The van der Waals surface area contributed by atoms with Crippen molar-refractivity contribution in [2.24, 2.45) is 0 Å². The molecule has 1 saturated carbocycles. The van der Waals surface area contributed by atoms with E-state index >= 15 is 0 Å². The Hall–Kier alpha value is -0.490. The van der Waals surface area contributed by atoms with Crippen LogP contribution in [0.2, 0.25) is 0 Å². The molecule has 1 aromatic rings. The molecular formula is C14H23N3OS. The molecule has 0 spiro atoms. The Bertz CT molecular complexity index is 399. The summed E-state index contributed by atoms with van der Waals surface area (Å²) < 4.78 is 5.67. The molecule has 19 heavy (non-hydrogen) atoms. The Kier molecular flexibility index (Phi) is 4.48. The van der Waals surface area contributed by atoms with Crippen molar-refractivity contribution in [3.63, 3.8) is 0 Å². The standard InChI is InChI=1S/C14H23N3OS/c1-17(9-13-3-2-6-18-13)8-12-10-19-14(16-12)7-15-11-4-5-11/h10-11,13,15H,2-9H2,1H3. The fraction of sp³-hybridized carbons (Fsp3) is 0.786. The predicted molar refractivity (Wildman–Crippen MR) is 77.3 cm³/mol. The van der Waals surface area contributed by atoms with Crippen molar-refractivity contribution < 1.29 is 4.74 Å². The molecule has 1 aliphatic heterocycles. The summed E-state index contributed by atoms with van der Waals surface area (Å²) in [6.45, 7) is 3.82. The molecule has 0 aromatic carbocycles. The van der Waals surface area contributed by atoms with Gasteiger partial charge in [-0.15, -0.1) is 11.3 Å². The van der Waals surface area contributed by atoms with Crippen LogP contribution < -0.4 is 5.32 Å². The molecule has 1 unspecified atom stereocenters. The minimum atomic E-state index is 0.430. The summed E-state index contributed by atoms with van der Waals surface area (Å²) >= 11 is 1.77. The van der Waals surface area contributed by atoms with Crippen molar-refractivity contribution in [1.82, 2.24) is 15.2 Å². The molecule has 1 atom stereocenters. The first kappa shape index (κ1) is 13.5. The molecule has 0 radical (unpaired) electrons. The zero-order chi connectivity index (χ0) is 13.1. The van der Waals surface area contributed by atoms with Gasteiger partial charge in [0.15, 0.2) is 0 Å². The van der Waals surface area contributed by atoms with Crippen LogP contribution in [-0.4, -0.2) is 42.2 Å². The molecule has 2 fully saturated rings. The van der Waals surface area contributed by atoms with Crippen LogP contribution in [0.5, 0.6) is 0 Å². The van der Waals surface area contributed by atoms with E-state index in [0.717, 1.165) is 32.3 Å². The van der Waals surface area contributed by atoms with E-state index in [-0.39, 0.29) is 0 Å². The van der Waals surface area contributed by atoms with E-state index in [0.29, 0.717) is 6.10 Å². The van der Waals surface area contributed by atoms with Crippen LogP contribution in [0.3, 0.4) is 0 Å². The predicted octanol–water partition coefficient (Wildman–Crippen LogP) is 2.01. The number of nitrogens with zero attached hydrogens (tertiary/aromatic N) is 2. The fourth-order valence-corrected chi connectivity index (χ4v) is 3.23. The number of rotatable bonds is 7. The Labute approximate surface area is 119 Å². The van der Waals surface area contributed by atoms with Crippen molar-refractivity contribution in [3.05, 3.63) is 16.1 Å². The first-order chi connectivity index (χ1) is 9.29. The quantitative estimate of drug-likeness (QED) is 0.829. The number of likely N-dealkylation sites (N-methyl/N-ethyl adjacent to an activating group) is 1. The monoisotopic (exact) mass is 281 g/mol. The molecule has 4 nitrogen and oxygen atoms in total. The van der Waals surface area contributed by atoms with Crippen molar-refractivity contribution in [2.45, 2.75) is 50.9 Å². The Morgan fingerprint density at radius 2 is 2.37 bits per heavy atom. The SMILES string of the molecule is CN(Cc1csc(CNC2CC2)n1)CC1CCCO1. The summed E-state index contributed by atoms with van der Waals surface area (Å²) in [6, 6.07) is 0.759. The van der Waals surface area contributed by atoms with Crippen LogP contribution in [0.15, 0.2) is 5.38 Å². The highest BCUT2D eigenvalue weighted by atomic mass is 32.1. The van der Waals surface area contributed by atoms with Gasteiger partial charge in [0, 0.05) is 37.7 Å². The Morgan fingerprint density at radius 3 is 3.11 bits per heavy atom. The third-order valence-corrected chi connectivity index (χ3v) is 4.59. The van der Waals surface area contributed by atoms with Gasteiger partial charge in [0.25, 0.3) is 0 Å². The molecule has 1 aromatic heterocycles. The van der Waals surface area contributed by atoms with Crippen LogP contribution in [-0.2, 0) is 17.8 Å². The number of hydrogen-bond donors (Lipinski definition) is 1. The van der Waals surface area contributed by atoms with Gasteiger partial charge in [0.2, 0.25) is 0 Å². The average Bonchev–Trinajstić information content (AvgIpc) is 2.88. The maximum absolute atomic E-state index is 5.67. The second-order valence-electron chi connectivity index (χ2n) is 5.72. The minimum absolute atomic E-state index is 0.430. The molecule has 0 bridgehead atoms. The second kappa shape index (κ2) is 6.31. The van der Waals surface area contributed by atoms with E-state index in [1.807, 2.05) is 0 Å². The fourth-order valence-electron chi connectivity index (χ4n) is 2.50. The van der Waals surface area contributed by atoms with Gasteiger partial charge in [-0.3, -0.25) is 4.90 Å². The van der Waals surface area contributed by atoms with E-state index in [1.165, 1.54) is 36.4 Å². The molecule has 5 heteroatoms. The Morgan fingerprint density at radius 1 is 1.47 bits per heavy atom. The third kappa shape index (κ3) is 4.24. The van der Waals surface area contributed by atoms with Crippen molar-refractivity contribution in [2.75, 3.05) is 20.2 Å². The van der Waals surface area contributed by atoms with Crippen molar-refractivity contribution in [1.29, 1.82) is 0 Å². The third-order valence-electron chi connectivity index (χ3n) is 3.69. The summed E-state index contributed by atoms with van der Waals surface area (Å²) in [6.07, 6.45) is 5.52. The van der Waals surface area contributed by atoms with E-state index in [4.69, 9.17) is 9.72 Å². The smallest absolute Gasteiger partial charge is 0.107 e. The number of aromatic nitrogens is 1. The topological polar surface area (TPSA) is 37.4 Å². The molecule has 0 amide bonds. The summed E-state index contributed by atoms with van der Waals surface area (Å²) in [5.74, 6) is 0. The van der Waals surface area contributed by atoms with Gasteiger partial charge in [-0.25, -0.2) is 4.98 Å². The molecular weight excluding hydrogens is 258 g/mol. The second-order valence-corrected chi connectivity index (χ2v) is 6.66. The lowest BCUT2D eigenvalue weighted by molar-refractivity contribution is 0.0790. The zero-order valence-electron chi connectivity index (χ0n) is 11.6. The highest BCUT2D eigenvalue weighted by Gasteiger charge is 2.21. The van der Waals surface area contributed by atoms with Crippen molar-refractivity contribution >= 4 is 11.3 Å². The number of nitrogens with one attached hydrogen (secondary N) is 1. The van der Waals surface area contributed by atoms with Gasteiger partial charge in [0.1, 0.15) is 5.01 Å². The lowest BCUT2D eigenvalue weighted by Gasteiger charge is -2.19. The largest absolute Gasteiger partial charge is 0.377 e. The van der Waals surface area contributed by atoms with Crippen LogP contribution in [0.1, 0.15) is 36.4 Å². The van der Waals surface area contributed by atoms with Gasteiger partial charge in [-0.2, -0.15) is 0 Å². The van der Waals surface area contributed by atoms with Crippen molar-refractivity contribution in [3.8, 4) is 0 Å². The molecule has 2 heterocycles. The van der Waals surface area contributed by atoms with Gasteiger partial charge in [-0.1, -0.05) is 0 Å². The molecule has 3 rings (SSSR count). The lowest BCUT2D eigenvalue weighted by atomic mass is 10.2. The lowest BCUT2D eigenvalue weighted by Crippen LogP contribution is -2.28. The first-order valence-electron chi connectivity index (χ1n) is 7.26. The highest BCUT2D eigenvalue weighted by molar-refractivity contribution is 7.09. The van der Waals surface area contributed by atoms with Crippen LogP contribution in [0.25, 0.3) is 0 Å². The van der Waals surface area contributed by atoms with E-state index in [9.17, 15) is 0 Å². The average molecular weight is 281 g/mol. The molecule has 1 aliphatic carbocycles. The molecule has 106 valence electrons. The van der Waals surface area contributed by atoms with Gasteiger partial charge in [0.05, 0.1) is 11.8 Å². The normalized spacial score (nSPS) is 23.4. The molecule has 2 aliphatic rings. The Balaban J connectivity index is 1.42. The van der Waals surface area contributed by atoms with Crippen LogP contribution >= 0.6 is 11.3 Å². The van der Waals surface area contributed by atoms with Gasteiger partial charge >= 0.3 is 0 Å². The van der Waals surface area contributed by atoms with E-state index < -0.39 is 0 Å². The number of hydrogen-bond acceptors (Lipinski definition) is 5. The molecule has 1 N–H and O–H groups in total. The van der Waals surface area contributed by atoms with Gasteiger partial charge < -0.3 is 10.1 Å². The molecule has 1 saturated heterocycles. The van der Waals surface area contributed by atoms with Crippen LogP contribution in [0, 0.1) is 0 Å². The maximum Gasteiger partial charge on any atom is 0.107 e. The van der Waals surface area contributed by atoms with Gasteiger partial charge in [-0.05, 0) is 32.7 Å². The highest BCUT2D eigenvalue weighted by Crippen LogP contribution is 2.20. The summed E-state index contributed by atoms with van der Waals surface area (Å²) in [7, 11) is 2.16. The number of ether oxygens (including phenoxy) is 1. The summed E-state index contributed by atoms with van der Waals surface area (Å²) in [5, 5.41) is 6.92. The van der Waals surface area contributed by atoms with Crippen LogP contribution in [0.4, 0.5) is 0 Å². The summed E-state index contributed by atoms with van der Waals surface area (Å²) in [4.78, 5) is 7.02. The van der Waals surface area contributed by atoms with E-state index in [1.54, 1.807) is 11.3 Å². The summed E-state index contributed by atoms with van der Waals surface area (Å²) in [5.41, 5.74) is 1.19. The number of thiazole rings is 1.